The third kappa shape index (κ3) is 1.93. The number of benzene rings is 1. The second-order valence-electron chi connectivity index (χ2n) is 6.03. The Morgan fingerprint density at radius 3 is 2.74 bits per heavy atom. The average Bonchev–Trinajstić information content (AvgIpc) is 2.86. The third-order valence-corrected chi connectivity index (χ3v) is 4.57. The molecular formula is C17H10N4O6. The van der Waals surface area contributed by atoms with Crippen LogP contribution in [0, 0.1) is 28.4 Å². The van der Waals surface area contributed by atoms with Crippen molar-refractivity contribution in [2.24, 2.45) is 5.73 Å². The lowest BCUT2D eigenvalue weighted by Crippen LogP contribution is -2.45. The van der Waals surface area contributed by atoms with Crippen molar-refractivity contribution in [2.75, 3.05) is 5.32 Å². The molecule has 3 N–H and O–H groups in total. The Balaban J connectivity index is 2.20. The second kappa shape index (κ2) is 5.18. The van der Waals surface area contributed by atoms with Crippen LogP contribution in [-0.2, 0) is 10.2 Å². The van der Waals surface area contributed by atoms with Crippen LogP contribution in [0.4, 0.5) is 11.4 Å². The Labute approximate surface area is 150 Å². The SMILES string of the molecule is Cc1cc2c(c(=O)o1)C1(C(=O)Nc3ccc([N+](=O)[O-])cc31)C(C#N)=C(N)O2. The number of nitrogens with two attached hydrogens (primary N) is 1. The van der Waals surface area contributed by atoms with Gasteiger partial charge in [-0.05, 0) is 13.0 Å². The standard InChI is InChI=1S/C17H10N4O6/c1-7-4-12-13(15(22)26-7)17(10(6-18)14(19)27-12)9-5-8(21(24)25)2-3-11(9)20-16(17)23/h2-5H,19H2,1H3,(H,20,23). The van der Waals surface area contributed by atoms with Crippen molar-refractivity contribution in [2.45, 2.75) is 12.3 Å². The predicted octanol–water partition coefficient (Wildman–Crippen LogP) is 1.18. The Kier molecular flexibility index (Phi) is 3.14. The smallest absolute Gasteiger partial charge is 0.344 e. The Hall–Kier alpha value is -4.13. The molecule has 0 bridgehead atoms. The lowest BCUT2D eigenvalue weighted by molar-refractivity contribution is -0.384. The van der Waals surface area contributed by atoms with E-state index in [2.05, 4.69) is 5.32 Å². The molecule has 2 aliphatic heterocycles. The fraction of sp³-hybridized carbons (Fsp3) is 0.118. The van der Waals surface area contributed by atoms with Crippen molar-refractivity contribution < 1.29 is 18.9 Å². The minimum absolute atomic E-state index is 0.0465. The number of hydrogen-bond donors (Lipinski definition) is 2. The highest BCUT2D eigenvalue weighted by molar-refractivity contribution is 6.12. The van der Waals surface area contributed by atoms with E-state index in [1.165, 1.54) is 25.1 Å². The molecule has 1 unspecified atom stereocenters. The summed E-state index contributed by atoms with van der Waals surface area (Å²) < 4.78 is 10.5. The fourth-order valence-corrected chi connectivity index (χ4v) is 3.52. The second-order valence-corrected chi connectivity index (χ2v) is 6.03. The van der Waals surface area contributed by atoms with Gasteiger partial charge in [0.25, 0.3) is 5.69 Å². The Bertz CT molecular complexity index is 1190. The van der Waals surface area contributed by atoms with E-state index in [9.17, 15) is 25.0 Å². The largest absolute Gasteiger partial charge is 0.440 e. The molecule has 2 aromatic rings. The summed E-state index contributed by atoms with van der Waals surface area (Å²) in [5.74, 6) is -0.961. The van der Waals surface area contributed by atoms with E-state index in [1.54, 1.807) is 0 Å². The first-order chi connectivity index (χ1) is 12.8. The fourth-order valence-electron chi connectivity index (χ4n) is 3.52. The maximum absolute atomic E-state index is 13.0. The molecule has 134 valence electrons. The van der Waals surface area contributed by atoms with Crippen LogP contribution in [-0.4, -0.2) is 10.8 Å². The van der Waals surface area contributed by atoms with Crippen molar-refractivity contribution >= 4 is 17.3 Å². The van der Waals surface area contributed by atoms with Crippen LogP contribution in [0.2, 0.25) is 0 Å². The minimum Gasteiger partial charge on any atom is -0.440 e. The van der Waals surface area contributed by atoms with Gasteiger partial charge in [0, 0.05) is 29.4 Å². The van der Waals surface area contributed by atoms with Gasteiger partial charge in [-0.1, -0.05) is 0 Å². The summed E-state index contributed by atoms with van der Waals surface area (Å²) in [7, 11) is 0. The van der Waals surface area contributed by atoms with Crippen molar-refractivity contribution in [3.8, 4) is 11.8 Å². The first-order valence-corrected chi connectivity index (χ1v) is 7.64. The van der Waals surface area contributed by atoms with Gasteiger partial charge in [0.05, 0.1) is 4.92 Å². The van der Waals surface area contributed by atoms with Crippen molar-refractivity contribution in [1.82, 2.24) is 0 Å². The van der Waals surface area contributed by atoms with Gasteiger partial charge >= 0.3 is 5.63 Å². The van der Waals surface area contributed by atoms with Crippen molar-refractivity contribution in [3.05, 3.63) is 73.1 Å². The van der Waals surface area contributed by atoms with E-state index in [0.29, 0.717) is 0 Å². The van der Waals surface area contributed by atoms with Gasteiger partial charge in [0.15, 0.2) is 5.41 Å². The molecule has 4 rings (SSSR count). The maximum atomic E-state index is 13.0. The van der Waals surface area contributed by atoms with Crippen LogP contribution in [0.1, 0.15) is 16.9 Å². The van der Waals surface area contributed by atoms with Gasteiger partial charge in [-0.2, -0.15) is 5.26 Å². The first-order valence-electron chi connectivity index (χ1n) is 7.64. The highest BCUT2D eigenvalue weighted by atomic mass is 16.6. The summed E-state index contributed by atoms with van der Waals surface area (Å²) in [5, 5.41) is 23.4. The van der Waals surface area contributed by atoms with E-state index < -0.39 is 21.9 Å². The van der Waals surface area contributed by atoms with Gasteiger partial charge < -0.3 is 20.2 Å². The van der Waals surface area contributed by atoms with Gasteiger partial charge in [-0.25, -0.2) is 4.79 Å². The van der Waals surface area contributed by atoms with E-state index in [4.69, 9.17) is 14.9 Å². The number of aryl methyl sites for hydroxylation is 1. The zero-order valence-corrected chi connectivity index (χ0v) is 13.7. The number of hydrogen-bond acceptors (Lipinski definition) is 8. The summed E-state index contributed by atoms with van der Waals surface area (Å²) in [6, 6.07) is 6.84. The maximum Gasteiger partial charge on any atom is 0.344 e. The van der Waals surface area contributed by atoms with Crippen molar-refractivity contribution in [3.63, 3.8) is 0 Å². The van der Waals surface area contributed by atoms with Crippen LogP contribution in [0.3, 0.4) is 0 Å². The number of fused-ring (bicyclic) bond motifs is 4. The summed E-state index contributed by atoms with van der Waals surface area (Å²) in [6.07, 6.45) is 0. The summed E-state index contributed by atoms with van der Waals surface area (Å²) >= 11 is 0. The van der Waals surface area contributed by atoms with Gasteiger partial charge in [-0.15, -0.1) is 0 Å². The lowest BCUT2D eigenvalue weighted by atomic mass is 9.69. The molecule has 1 spiro atoms. The molecule has 1 aromatic carbocycles. The number of nitro benzene ring substituents is 1. The number of carbonyl (C=O) groups is 1. The summed E-state index contributed by atoms with van der Waals surface area (Å²) in [5.41, 5.74) is 2.33. The third-order valence-electron chi connectivity index (χ3n) is 4.57. The summed E-state index contributed by atoms with van der Waals surface area (Å²) in [4.78, 5) is 36.3. The first kappa shape index (κ1) is 16.3. The molecule has 0 fully saturated rings. The minimum atomic E-state index is -2.00. The van der Waals surface area contributed by atoms with Gasteiger partial charge in [0.1, 0.15) is 28.7 Å². The molecule has 1 amide bonds. The average molecular weight is 366 g/mol. The molecule has 3 heterocycles. The summed E-state index contributed by atoms with van der Waals surface area (Å²) in [6.45, 7) is 1.50. The zero-order valence-electron chi connectivity index (χ0n) is 13.7. The van der Waals surface area contributed by atoms with E-state index in [0.717, 1.165) is 6.07 Å². The van der Waals surface area contributed by atoms with Gasteiger partial charge in [-0.3, -0.25) is 14.9 Å². The van der Waals surface area contributed by atoms with Crippen LogP contribution >= 0.6 is 0 Å². The monoisotopic (exact) mass is 366 g/mol. The number of anilines is 1. The molecular weight excluding hydrogens is 356 g/mol. The van der Waals surface area contributed by atoms with Crippen LogP contribution in [0.15, 0.2) is 44.9 Å². The highest BCUT2D eigenvalue weighted by Gasteiger charge is 2.59. The molecule has 27 heavy (non-hydrogen) atoms. The molecule has 2 aliphatic rings. The van der Waals surface area contributed by atoms with Crippen LogP contribution < -0.4 is 21.4 Å². The number of amides is 1. The number of non-ortho nitro benzene ring substituents is 1. The molecule has 0 radical (unpaired) electrons. The molecule has 1 aromatic heterocycles. The number of ether oxygens (including phenoxy) is 1. The Morgan fingerprint density at radius 1 is 1.33 bits per heavy atom. The zero-order chi connectivity index (χ0) is 19.5. The highest BCUT2D eigenvalue weighted by Crippen LogP contribution is 2.52. The number of carbonyl (C=O) groups excluding carboxylic acids is 1. The molecule has 0 saturated carbocycles. The van der Waals surface area contributed by atoms with E-state index in [-0.39, 0.29) is 45.5 Å². The quantitative estimate of drug-likeness (QED) is 0.561. The van der Waals surface area contributed by atoms with Crippen LogP contribution in [0.25, 0.3) is 0 Å². The molecule has 10 nitrogen and oxygen atoms in total. The normalized spacial score (nSPS) is 19.8. The molecule has 0 aliphatic carbocycles. The number of rotatable bonds is 1. The van der Waals surface area contributed by atoms with Crippen molar-refractivity contribution in [1.29, 1.82) is 5.26 Å². The Morgan fingerprint density at radius 2 is 2.07 bits per heavy atom. The predicted molar refractivity (Wildman–Crippen MR) is 89.7 cm³/mol. The van der Waals surface area contributed by atoms with E-state index in [1.807, 2.05) is 6.07 Å². The number of nitrogens with zero attached hydrogens (tertiary/aromatic N) is 2. The van der Waals surface area contributed by atoms with E-state index >= 15 is 0 Å². The van der Waals surface area contributed by atoms with Gasteiger partial charge in [0.2, 0.25) is 11.8 Å². The molecule has 10 heteroatoms. The number of nitriles is 1. The lowest BCUT2D eigenvalue weighted by Gasteiger charge is -2.32. The number of nitro groups is 1. The molecule has 0 saturated heterocycles. The number of nitrogens with one attached hydrogen (secondary N) is 1. The topological polar surface area (TPSA) is 161 Å². The van der Waals surface area contributed by atoms with Crippen LogP contribution in [0.5, 0.6) is 5.75 Å². The molecule has 1 atom stereocenters.